The Labute approximate surface area is 66.0 Å². The summed E-state index contributed by atoms with van der Waals surface area (Å²) in [6.45, 7) is 1.77. The first-order valence-corrected chi connectivity index (χ1v) is 3.50. The average molecular weight is 149 g/mol. The third-order valence-electron chi connectivity index (χ3n) is 1.41. The van der Waals surface area contributed by atoms with E-state index < -0.39 is 0 Å². The van der Waals surface area contributed by atoms with E-state index >= 15 is 0 Å². The number of benzene rings is 1. The third kappa shape index (κ3) is 2.42. The van der Waals surface area contributed by atoms with Crippen LogP contribution in [0.5, 0.6) is 5.75 Å². The maximum Gasteiger partial charge on any atom is 0.115 e. The van der Waals surface area contributed by atoms with Gasteiger partial charge in [0.1, 0.15) is 5.75 Å². The molecule has 0 unspecified atom stereocenters. The molecule has 0 heterocycles. The van der Waals surface area contributed by atoms with Crippen molar-refractivity contribution in [3.05, 3.63) is 29.8 Å². The van der Waals surface area contributed by atoms with E-state index in [2.05, 4.69) is 0 Å². The van der Waals surface area contributed by atoms with E-state index in [1.807, 2.05) is 12.1 Å². The number of hydrogen-bond donors (Lipinski definition) is 2. The molecule has 0 amide bonds. The molecule has 0 radical (unpaired) electrons. The topological polar surface area (TPSA) is 44.1 Å². The second-order valence-corrected chi connectivity index (χ2v) is 2.62. The first kappa shape index (κ1) is 7.79. The molecule has 0 saturated heterocycles. The van der Waals surface area contributed by atoms with Crippen molar-refractivity contribution in [3.8, 4) is 5.75 Å². The number of rotatable bonds is 2. The van der Waals surface area contributed by atoms with Crippen LogP contribution in [-0.4, -0.2) is 10.8 Å². The zero-order chi connectivity index (χ0) is 8.27. The minimum atomic E-state index is 0.274. The Balaban J connectivity index is 2.74. The summed E-state index contributed by atoms with van der Waals surface area (Å²) in [7, 11) is 0. The highest BCUT2D eigenvalue weighted by Gasteiger charge is 1.93. The molecule has 0 atom stereocenters. The van der Waals surface area contributed by atoms with Gasteiger partial charge in [0.15, 0.2) is 0 Å². The van der Waals surface area contributed by atoms with Crippen LogP contribution in [-0.2, 0) is 6.42 Å². The molecule has 2 nitrogen and oxygen atoms in total. The maximum absolute atomic E-state index is 8.94. The van der Waals surface area contributed by atoms with Crippen LogP contribution in [0.25, 0.3) is 0 Å². The maximum atomic E-state index is 8.94. The number of nitrogens with one attached hydrogen (secondary N) is 1. The minimum Gasteiger partial charge on any atom is -0.508 e. The van der Waals surface area contributed by atoms with Crippen molar-refractivity contribution in [2.45, 2.75) is 13.3 Å². The van der Waals surface area contributed by atoms with Crippen molar-refractivity contribution in [1.29, 1.82) is 5.41 Å². The van der Waals surface area contributed by atoms with Gasteiger partial charge in [-0.05, 0) is 24.6 Å². The Morgan fingerprint density at radius 1 is 1.36 bits per heavy atom. The fourth-order valence-electron chi connectivity index (χ4n) is 0.920. The van der Waals surface area contributed by atoms with Gasteiger partial charge in [0.05, 0.1) is 0 Å². The molecule has 1 rings (SSSR count). The molecule has 0 aliphatic heterocycles. The molecule has 0 aliphatic rings. The van der Waals surface area contributed by atoms with Crippen LogP contribution in [0.1, 0.15) is 12.5 Å². The van der Waals surface area contributed by atoms with E-state index in [1.165, 1.54) is 0 Å². The van der Waals surface area contributed by atoms with Gasteiger partial charge < -0.3 is 10.5 Å². The van der Waals surface area contributed by atoms with Crippen molar-refractivity contribution in [3.63, 3.8) is 0 Å². The number of phenols is 1. The predicted octanol–water partition coefficient (Wildman–Crippen LogP) is 1.97. The van der Waals surface area contributed by atoms with E-state index in [1.54, 1.807) is 19.1 Å². The third-order valence-corrected chi connectivity index (χ3v) is 1.41. The van der Waals surface area contributed by atoms with Crippen molar-refractivity contribution in [2.24, 2.45) is 0 Å². The fourth-order valence-corrected chi connectivity index (χ4v) is 0.920. The molecule has 1 aromatic carbocycles. The fraction of sp³-hybridized carbons (Fsp3) is 0.222. The second kappa shape index (κ2) is 3.19. The lowest BCUT2D eigenvalue weighted by molar-refractivity contribution is 0.475. The second-order valence-electron chi connectivity index (χ2n) is 2.62. The Morgan fingerprint density at radius 2 is 1.91 bits per heavy atom. The summed E-state index contributed by atoms with van der Waals surface area (Å²) in [5, 5.41) is 16.2. The lowest BCUT2D eigenvalue weighted by Crippen LogP contribution is -1.93. The van der Waals surface area contributed by atoms with Gasteiger partial charge in [0.25, 0.3) is 0 Å². The summed E-state index contributed by atoms with van der Waals surface area (Å²) in [4.78, 5) is 0. The summed E-state index contributed by atoms with van der Waals surface area (Å²) in [6.07, 6.45) is 0.667. The van der Waals surface area contributed by atoms with Gasteiger partial charge >= 0.3 is 0 Å². The van der Waals surface area contributed by atoms with Gasteiger partial charge in [0.2, 0.25) is 0 Å². The predicted molar refractivity (Wildman–Crippen MR) is 45.2 cm³/mol. The molecule has 58 valence electrons. The van der Waals surface area contributed by atoms with Crippen molar-refractivity contribution >= 4 is 5.71 Å². The quantitative estimate of drug-likeness (QED) is 0.620. The smallest absolute Gasteiger partial charge is 0.115 e. The summed E-state index contributed by atoms with van der Waals surface area (Å²) >= 11 is 0. The standard InChI is InChI=1S/C9H11NO/c1-7(10)6-8-2-4-9(11)5-3-8/h2-5,10-11H,6H2,1H3. The lowest BCUT2D eigenvalue weighted by atomic mass is 10.1. The van der Waals surface area contributed by atoms with E-state index in [-0.39, 0.29) is 5.75 Å². The van der Waals surface area contributed by atoms with Crippen LogP contribution in [0.15, 0.2) is 24.3 Å². The van der Waals surface area contributed by atoms with Crippen LogP contribution in [0.3, 0.4) is 0 Å². The zero-order valence-electron chi connectivity index (χ0n) is 6.46. The van der Waals surface area contributed by atoms with E-state index in [9.17, 15) is 0 Å². The first-order valence-electron chi connectivity index (χ1n) is 3.50. The molecular weight excluding hydrogens is 138 g/mol. The van der Waals surface area contributed by atoms with Gasteiger partial charge in [-0.3, -0.25) is 0 Å². The molecule has 0 aliphatic carbocycles. The van der Waals surface area contributed by atoms with E-state index in [0.717, 1.165) is 5.56 Å². The molecule has 2 N–H and O–H groups in total. The summed E-state index contributed by atoms with van der Waals surface area (Å²) in [5.41, 5.74) is 1.70. The van der Waals surface area contributed by atoms with E-state index in [0.29, 0.717) is 12.1 Å². The van der Waals surface area contributed by atoms with Gasteiger partial charge in [-0.25, -0.2) is 0 Å². The molecule has 11 heavy (non-hydrogen) atoms. The molecule has 0 bridgehead atoms. The highest BCUT2D eigenvalue weighted by Crippen LogP contribution is 2.09. The summed E-state index contributed by atoms with van der Waals surface area (Å²) in [6, 6.07) is 6.93. The Morgan fingerprint density at radius 3 is 2.36 bits per heavy atom. The first-order chi connectivity index (χ1) is 5.18. The van der Waals surface area contributed by atoms with Crippen LogP contribution >= 0.6 is 0 Å². The van der Waals surface area contributed by atoms with Crippen molar-refractivity contribution < 1.29 is 5.11 Å². The Hall–Kier alpha value is -1.31. The molecule has 0 fully saturated rings. The average Bonchev–Trinajstić information content (AvgIpc) is 1.93. The van der Waals surface area contributed by atoms with Crippen LogP contribution < -0.4 is 0 Å². The molecule has 0 aromatic heterocycles. The zero-order valence-corrected chi connectivity index (χ0v) is 6.46. The number of phenolic OH excluding ortho intramolecular Hbond substituents is 1. The van der Waals surface area contributed by atoms with Crippen LogP contribution in [0.2, 0.25) is 0 Å². The normalized spacial score (nSPS) is 9.55. The number of hydrogen-bond acceptors (Lipinski definition) is 2. The van der Waals surface area contributed by atoms with Gasteiger partial charge in [-0.15, -0.1) is 0 Å². The SMILES string of the molecule is CC(=N)Cc1ccc(O)cc1. The monoisotopic (exact) mass is 149 g/mol. The lowest BCUT2D eigenvalue weighted by Gasteiger charge is -1.98. The summed E-state index contributed by atoms with van der Waals surface area (Å²) < 4.78 is 0. The van der Waals surface area contributed by atoms with Gasteiger partial charge in [-0.1, -0.05) is 12.1 Å². The van der Waals surface area contributed by atoms with Crippen molar-refractivity contribution in [1.82, 2.24) is 0 Å². The summed E-state index contributed by atoms with van der Waals surface area (Å²) in [5.74, 6) is 0.274. The van der Waals surface area contributed by atoms with Gasteiger partial charge in [-0.2, -0.15) is 0 Å². The molecular formula is C9H11NO. The molecule has 0 spiro atoms. The van der Waals surface area contributed by atoms with E-state index in [4.69, 9.17) is 10.5 Å². The largest absolute Gasteiger partial charge is 0.508 e. The molecule has 1 aromatic rings. The highest BCUT2D eigenvalue weighted by molar-refractivity contribution is 5.80. The Bertz CT molecular complexity index is 251. The van der Waals surface area contributed by atoms with Gasteiger partial charge in [0, 0.05) is 12.1 Å². The Kier molecular flexibility index (Phi) is 2.26. The number of aromatic hydroxyl groups is 1. The molecule has 0 saturated carbocycles. The van der Waals surface area contributed by atoms with Crippen molar-refractivity contribution in [2.75, 3.05) is 0 Å². The molecule has 2 heteroatoms. The highest BCUT2D eigenvalue weighted by atomic mass is 16.3. The van der Waals surface area contributed by atoms with Crippen LogP contribution in [0, 0.1) is 5.41 Å². The minimum absolute atomic E-state index is 0.274. The van der Waals surface area contributed by atoms with Crippen LogP contribution in [0.4, 0.5) is 0 Å².